The monoisotopic (exact) mass is 455 g/mol. The van der Waals surface area contributed by atoms with E-state index in [0.29, 0.717) is 18.7 Å². The van der Waals surface area contributed by atoms with Crippen LogP contribution in [-0.2, 0) is 21.5 Å². The maximum absolute atomic E-state index is 12.9. The number of carbonyl (C=O) groups is 1. The topological polar surface area (TPSA) is 72.9 Å². The van der Waals surface area contributed by atoms with Gasteiger partial charge >= 0.3 is 10.1 Å². The summed E-state index contributed by atoms with van der Waals surface area (Å²) in [4.78, 5) is 14.8. The van der Waals surface area contributed by atoms with Crippen LogP contribution in [-0.4, -0.2) is 38.1 Å². The van der Waals surface area contributed by atoms with Crippen LogP contribution in [0.4, 0.5) is 0 Å². The van der Waals surface area contributed by atoms with Crippen LogP contribution in [0, 0.1) is 0 Å². The number of unbranched alkanes of at least 4 members (excludes halogenated alkanes) is 6. The molecule has 0 aliphatic rings. The van der Waals surface area contributed by atoms with Crippen molar-refractivity contribution in [2.75, 3.05) is 12.9 Å². The lowest BCUT2D eigenvalue weighted by Gasteiger charge is -2.29. The average Bonchev–Trinajstić information content (AvgIpc) is 2.76. The normalized spacial score (nSPS) is 12.4. The van der Waals surface area contributed by atoms with E-state index in [1.807, 2.05) is 17.9 Å². The first-order valence-corrected chi connectivity index (χ1v) is 13.2. The highest BCUT2D eigenvalue weighted by atomic mass is 32.2. The molecular weight excluding hydrogens is 414 g/mol. The molecule has 1 aromatic carbocycles. The van der Waals surface area contributed by atoms with E-state index in [2.05, 4.69) is 13.8 Å². The minimum atomic E-state index is -3.67. The zero-order valence-electron chi connectivity index (χ0n) is 20.0. The predicted octanol–water partition coefficient (Wildman–Crippen LogP) is 5.69. The zero-order valence-corrected chi connectivity index (χ0v) is 20.8. The predicted molar refractivity (Wildman–Crippen MR) is 126 cm³/mol. The average molecular weight is 456 g/mol. The van der Waals surface area contributed by atoms with Crippen molar-refractivity contribution in [2.24, 2.45) is 0 Å². The summed E-state index contributed by atoms with van der Waals surface area (Å²) in [5.74, 6) is 0.522. The first kappa shape index (κ1) is 27.3. The van der Waals surface area contributed by atoms with Crippen molar-refractivity contribution in [1.29, 1.82) is 0 Å². The van der Waals surface area contributed by atoms with Gasteiger partial charge in [0.05, 0.1) is 12.9 Å². The maximum Gasteiger partial charge on any atom is 0.309 e. The van der Waals surface area contributed by atoms with E-state index < -0.39 is 10.1 Å². The third kappa shape index (κ3) is 9.93. The highest BCUT2D eigenvalue weighted by Gasteiger charge is 2.21. The van der Waals surface area contributed by atoms with Crippen molar-refractivity contribution in [3.63, 3.8) is 0 Å². The number of rotatable bonds is 16. The van der Waals surface area contributed by atoms with Crippen molar-refractivity contribution in [2.45, 2.75) is 98.1 Å². The van der Waals surface area contributed by atoms with Gasteiger partial charge in [0.15, 0.2) is 11.5 Å². The van der Waals surface area contributed by atoms with Gasteiger partial charge in [-0.25, -0.2) is 0 Å². The number of benzene rings is 1. The molecule has 0 fully saturated rings. The summed E-state index contributed by atoms with van der Waals surface area (Å²) in [6, 6.07) is 5.29. The van der Waals surface area contributed by atoms with Crippen molar-refractivity contribution in [3.05, 3.63) is 23.8 Å². The fourth-order valence-electron chi connectivity index (χ4n) is 3.36. The zero-order chi connectivity index (χ0) is 23.3. The number of nitrogens with zero attached hydrogens (tertiary/aromatic N) is 1. The largest absolute Gasteiger partial charge is 0.493 e. The molecule has 6 nitrogen and oxygen atoms in total. The number of methoxy groups -OCH3 is 1. The van der Waals surface area contributed by atoms with Gasteiger partial charge in [-0.15, -0.1) is 0 Å². The lowest BCUT2D eigenvalue weighted by atomic mass is 10.1. The van der Waals surface area contributed by atoms with Gasteiger partial charge in [-0.3, -0.25) is 4.79 Å². The molecule has 1 unspecified atom stereocenters. The lowest BCUT2D eigenvalue weighted by molar-refractivity contribution is -0.134. The maximum atomic E-state index is 12.9. The number of hydrogen-bond donors (Lipinski definition) is 0. The minimum absolute atomic E-state index is 0.0999. The third-order valence-electron chi connectivity index (χ3n) is 5.59. The SMILES string of the molecule is CCCCCCCCCC(=O)N(Cc1ccc(OC)c(OS(=O)(=O)CC)c1)C(C)CC. The van der Waals surface area contributed by atoms with Gasteiger partial charge in [-0.1, -0.05) is 58.4 Å². The van der Waals surface area contributed by atoms with Gasteiger partial charge in [-0.2, -0.15) is 8.42 Å². The first-order valence-electron chi connectivity index (χ1n) is 11.7. The number of amides is 1. The van der Waals surface area contributed by atoms with Gasteiger partial charge in [-0.05, 0) is 44.4 Å². The van der Waals surface area contributed by atoms with Gasteiger partial charge < -0.3 is 13.8 Å². The van der Waals surface area contributed by atoms with Crippen molar-refractivity contribution in [3.8, 4) is 11.5 Å². The van der Waals surface area contributed by atoms with Crippen LogP contribution in [0.2, 0.25) is 0 Å². The molecule has 1 amide bonds. The van der Waals surface area contributed by atoms with E-state index in [1.54, 1.807) is 12.1 Å². The standard InChI is InChI=1S/C24H41NO5S/c1-6-9-10-11-12-13-14-15-24(26)25(20(4)7-2)19-21-16-17-22(29-5)23(18-21)30-31(27,28)8-3/h16-18,20H,6-15,19H2,1-5H3. The Hall–Kier alpha value is -1.76. The fourth-order valence-corrected chi connectivity index (χ4v) is 3.89. The minimum Gasteiger partial charge on any atom is -0.493 e. The Balaban J connectivity index is 2.81. The molecule has 0 N–H and O–H groups in total. The summed E-state index contributed by atoms with van der Waals surface area (Å²) < 4.78 is 34.3. The van der Waals surface area contributed by atoms with Crippen LogP contribution in [0.5, 0.6) is 11.5 Å². The lowest BCUT2D eigenvalue weighted by Crippen LogP contribution is -2.37. The van der Waals surface area contributed by atoms with Crippen molar-refractivity contribution < 1.29 is 22.1 Å². The Bertz CT molecular complexity index is 763. The molecule has 1 aromatic rings. The van der Waals surface area contributed by atoms with Gasteiger partial charge in [0.25, 0.3) is 0 Å². The highest BCUT2D eigenvalue weighted by molar-refractivity contribution is 7.87. The van der Waals surface area contributed by atoms with Crippen LogP contribution in [0.25, 0.3) is 0 Å². The Morgan fingerprint density at radius 2 is 1.65 bits per heavy atom. The quantitative estimate of drug-likeness (QED) is 0.236. The molecule has 0 aliphatic carbocycles. The van der Waals surface area contributed by atoms with E-state index in [0.717, 1.165) is 24.8 Å². The smallest absolute Gasteiger partial charge is 0.309 e. The molecule has 178 valence electrons. The second-order valence-electron chi connectivity index (χ2n) is 8.07. The Morgan fingerprint density at radius 1 is 1.00 bits per heavy atom. The van der Waals surface area contributed by atoms with Crippen LogP contribution >= 0.6 is 0 Å². The molecule has 0 saturated heterocycles. The van der Waals surface area contributed by atoms with E-state index in [4.69, 9.17) is 8.92 Å². The summed E-state index contributed by atoms with van der Waals surface area (Å²) in [5, 5.41) is 0. The number of ether oxygens (including phenoxy) is 1. The Kier molecular flexibility index (Phi) is 12.6. The van der Waals surface area contributed by atoms with Crippen LogP contribution in [0.15, 0.2) is 18.2 Å². The van der Waals surface area contributed by atoms with Gasteiger partial charge in [0, 0.05) is 19.0 Å². The molecule has 1 atom stereocenters. The van der Waals surface area contributed by atoms with Gasteiger partial charge in [0.2, 0.25) is 5.91 Å². The van der Waals surface area contributed by atoms with E-state index in [9.17, 15) is 13.2 Å². The molecule has 0 spiro atoms. The summed E-state index contributed by atoms with van der Waals surface area (Å²) >= 11 is 0. The summed E-state index contributed by atoms with van der Waals surface area (Å²) in [6.07, 6.45) is 9.61. The first-order chi connectivity index (χ1) is 14.8. The molecule has 0 aromatic heterocycles. The number of hydrogen-bond acceptors (Lipinski definition) is 5. The molecule has 7 heteroatoms. The van der Waals surface area contributed by atoms with Gasteiger partial charge in [0.1, 0.15) is 0 Å². The molecule has 0 radical (unpaired) electrons. The Morgan fingerprint density at radius 3 is 2.23 bits per heavy atom. The number of carbonyl (C=O) groups excluding carboxylic acids is 1. The molecule has 0 heterocycles. The molecule has 0 bridgehead atoms. The second kappa shape index (κ2) is 14.3. The van der Waals surface area contributed by atoms with Crippen molar-refractivity contribution in [1.82, 2.24) is 4.90 Å². The van der Waals surface area contributed by atoms with Crippen LogP contribution < -0.4 is 8.92 Å². The third-order valence-corrected chi connectivity index (χ3v) is 6.73. The second-order valence-corrected chi connectivity index (χ2v) is 9.92. The Labute approximate surface area is 189 Å². The summed E-state index contributed by atoms with van der Waals surface area (Å²) in [7, 11) is -2.20. The molecule has 31 heavy (non-hydrogen) atoms. The van der Waals surface area contributed by atoms with E-state index in [1.165, 1.54) is 46.1 Å². The van der Waals surface area contributed by atoms with E-state index >= 15 is 0 Å². The summed E-state index contributed by atoms with van der Waals surface area (Å²) in [5.41, 5.74) is 0.815. The molecule has 0 saturated carbocycles. The molecular formula is C24H41NO5S. The fraction of sp³-hybridized carbons (Fsp3) is 0.708. The molecule has 1 rings (SSSR count). The molecule has 0 aliphatic heterocycles. The highest BCUT2D eigenvalue weighted by Crippen LogP contribution is 2.30. The van der Waals surface area contributed by atoms with Crippen LogP contribution in [0.1, 0.15) is 91.0 Å². The van der Waals surface area contributed by atoms with Crippen LogP contribution in [0.3, 0.4) is 0 Å². The summed E-state index contributed by atoms with van der Waals surface area (Å²) in [6.45, 7) is 8.26. The van der Waals surface area contributed by atoms with Crippen molar-refractivity contribution >= 4 is 16.0 Å². The van der Waals surface area contributed by atoms with E-state index in [-0.39, 0.29) is 23.5 Å².